The summed E-state index contributed by atoms with van der Waals surface area (Å²) in [6.45, 7) is 2.44. The van der Waals surface area contributed by atoms with Gasteiger partial charge < -0.3 is 4.42 Å². The molecule has 2 aromatic carbocycles. The largest absolute Gasteiger partial charge is 0.420 e. The van der Waals surface area contributed by atoms with Gasteiger partial charge in [-0.25, -0.2) is 4.98 Å². The van der Waals surface area contributed by atoms with Crippen molar-refractivity contribution in [1.29, 1.82) is 0 Å². The van der Waals surface area contributed by atoms with Gasteiger partial charge in [0.05, 0.1) is 16.7 Å². The zero-order chi connectivity index (χ0) is 19.7. The highest BCUT2D eigenvalue weighted by molar-refractivity contribution is 9.10. The van der Waals surface area contributed by atoms with Crippen molar-refractivity contribution in [2.24, 2.45) is 0 Å². The Morgan fingerprint density at radius 1 is 1.18 bits per heavy atom. The van der Waals surface area contributed by atoms with Crippen LogP contribution in [-0.4, -0.2) is 19.7 Å². The van der Waals surface area contributed by atoms with Crippen molar-refractivity contribution in [3.63, 3.8) is 0 Å². The van der Waals surface area contributed by atoms with E-state index in [2.05, 4.69) is 31.1 Å². The van der Waals surface area contributed by atoms with Gasteiger partial charge in [-0.2, -0.15) is 0 Å². The van der Waals surface area contributed by atoms with E-state index in [0.717, 1.165) is 10.0 Å². The lowest BCUT2D eigenvalue weighted by Gasteiger charge is -2.10. The summed E-state index contributed by atoms with van der Waals surface area (Å²) in [4.78, 5) is 17.4. The van der Waals surface area contributed by atoms with Crippen LogP contribution in [0.4, 0.5) is 0 Å². The van der Waals surface area contributed by atoms with Gasteiger partial charge in [-0.15, -0.1) is 10.2 Å². The molecule has 4 aromatic rings. The third-order valence-electron chi connectivity index (χ3n) is 4.08. The van der Waals surface area contributed by atoms with E-state index in [-0.39, 0.29) is 5.56 Å². The van der Waals surface area contributed by atoms with Crippen molar-refractivity contribution in [2.75, 3.05) is 0 Å². The van der Waals surface area contributed by atoms with Crippen molar-refractivity contribution in [1.82, 2.24) is 19.7 Å². The molecule has 6 nitrogen and oxygen atoms in total. The minimum Gasteiger partial charge on any atom is -0.420 e. The maximum Gasteiger partial charge on any atom is 0.262 e. The summed E-state index contributed by atoms with van der Waals surface area (Å²) in [6, 6.07) is 12.7. The number of thioether (sulfide) groups is 1. The quantitative estimate of drug-likeness (QED) is 0.291. The number of nitrogens with zero attached hydrogens (tertiary/aromatic N) is 4. The molecule has 0 N–H and O–H groups in total. The van der Waals surface area contributed by atoms with E-state index in [1.165, 1.54) is 11.8 Å². The van der Waals surface area contributed by atoms with Crippen LogP contribution >= 0.6 is 39.3 Å². The van der Waals surface area contributed by atoms with Gasteiger partial charge >= 0.3 is 0 Å². The fourth-order valence-electron chi connectivity index (χ4n) is 2.71. The van der Waals surface area contributed by atoms with E-state index < -0.39 is 0 Å². The molecule has 0 saturated heterocycles. The number of hydrogen-bond acceptors (Lipinski definition) is 6. The number of benzene rings is 2. The molecule has 4 rings (SSSR count). The van der Waals surface area contributed by atoms with Gasteiger partial charge in [0.1, 0.15) is 0 Å². The molecular formula is C19H14BrClN4O2S. The Bertz CT molecular complexity index is 1210. The van der Waals surface area contributed by atoms with Crippen molar-refractivity contribution in [2.45, 2.75) is 24.4 Å². The second-order valence-electron chi connectivity index (χ2n) is 5.90. The van der Waals surface area contributed by atoms with Crippen LogP contribution < -0.4 is 5.56 Å². The fourth-order valence-corrected chi connectivity index (χ4v) is 4.10. The summed E-state index contributed by atoms with van der Waals surface area (Å²) in [5.41, 5.74) is 1.39. The molecule has 0 aliphatic carbocycles. The van der Waals surface area contributed by atoms with Gasteiger partial charge in [0, 0.05) is 21.6 Å². The van der Waals surface area contributed by atoms with E-state index in [1.54, 1.807) is 22.8 Å². The lowest BCUT2D eigenvalue weighted by Crippen LogP contribution is -2.22. The van der Waals surface area contributed by atoms with Gasteiger partial charge in [-0.05, 0) is 49.4 Å². The van der Waals surface area contributed by atoms with E-state index >= 15 is 0 Å². The summed E-state index contributed by atoms with van der Waals surface area (Å²) in [6.07, 6.45) is 0. The Hall–Kier alpha value is -2.16. The number of aromatic nitrogens is 4. The molecule has 0 aliphatic heterocycles. The van der Waals surface area contributed by atoms with Gasteiger partial charge in [0.25, 0.3) is 5.56 Å². The Balaban J connectivity index is 1.60. The maximum absolute atomic E-state index is 12.8. The Morgan fingerprint density at radius 3 is 2.71 bits per heavy atom. The SMILES string of the molecule is CCn1c(SCc2nnc(-c3ccc(Cl)cc3)o2)nc2ccc(Br)cc2c1=O. The van der Waals surface area contributed by atoms with Gasteiger partial charge in [-0.1, -0.05) is 39.3 Å². The predicted molar refractivity (Wildman–Crippen MR) is 114 cm³/mol. The number of rotatable bonds is 5. The van der Waals surface area contributed by atoms with Crippen LogP contribution in [0.1, 0.15) is 12.8 Å². The van der Waals surface area contributed by atoms with Crippen LogP contribution in [0.2, 0.25) is 5.02 Å². The monoisotopic (exact) mass is 476 g/mol. The van der Waals surface area contributed by atoms with Gasteiger partial charge in [0.15, 0.2) is 5.16 Å². The summed E-state index contributed by atoms with van der Waals surface area (Å²) >= 11 is 10.7. The molecule has 0 bridgehead atoms. The Morgan fingerprint density at radius 2 is 1.96 bits per heavy atom. The summed E-state index contributed by atoms with van der Waals surface area (Å²) in [7, 11) is 0. The molecule has 0 radical (unpaired) electrons. The maximum atomic E-state index is 12.8. The number of fused-ring (bicyclic) bond motifs is 1. The summed E-state index contributed by atoms with van der Waals surface area (Å²) in [5.74, 6) is 1.30. The standard InChI is InChI=1S/C19H14BrClN4O2S/c1-2-25-18(26)14-9-12(20)5-8-15(14)22-19(25)28-10-16-23-24-17(27-16)11-3-6-13(21)7-4-11/h3-9H,2,10H2,1H3. The molecular weight excluding hydrogens is 464 g/mol. The van der Waals surface area contributed by atoms with Crippen LogP contribution in [0.3, 0.4) is 0 Å². The van der Waals surface area contributed by atoms with Crippen molar-refractivity contribution in [3.05, 3.63) is 68.2 Å². The van der Waals surface area contributed by atoms with Crippen LogP contribution in [0.15, 0.2) is 61.3 Å². The van der Waals surface area contributed by atoms with E-state index in [9.17, 15) is 4.79 Å². The molecule has 0 fully saturated rings. The lowest BCUT2D eigenvalue weighted by atomic mass is 10.2. The smallest absolute Gasteiger partial charge is 0.262 e. The predicted octanol–water partition coefficient (Wildman–Crippen LogP) is 5.17. The molecule has 142 valence electrons. The molecule has 2 heterocycles. The Labute approximate surface area is 178 Å². The average molecular weight is 478 g/mol. The van der Waals surface area contributed by atoms with Crippen LogP contribution in [-0.2, 0) is 12.3 Å². The lowest BCUT2D eigenvalue weighted by molar-refractivity contribution is 0.527. The first-order valence-electron chi connectivity index (χ1n) is 8.46. The van der Waals surface area contributed by atoms with Crippen molar-refractivity contribution in [3.8, 4) is 11.5 Å². The topological polar surface area (TPSA) is 73.8 Å². The third kappa shape index (κ3) is 3.85. The minimum atomic E-state index is -0.0660. The zero-order valence-corrected chi connectivity index (χ0v) is 17.9. The number of halogens is 2. The van der Waals surface area contributed by atoms with E-state index in [0.29, 0.717) is 45.2 Å². The minimum absolute atomic E-state index is 0.0660. The molecule has 0 unspecified atom stereocenters. The highest BCUT2D eigenvalue weighted by Gasteiger charge is 2.14. The highest BCUT2D eigenvalue weighted by atomic mass is 79.9. The average Bonchev–Trinajstić information content (AvgIpc) is 3.16. The van der Waals surface area contributed by atoms with Crippen LogP contribution in [0.5, 0.6) is 0 Å². The molecule has 2 aromatic heterocycles. The van der Waals surface area contributed by atoms with Gasteiger partial charge in [-0.3, -0.25) is 9.36 Å². The summed E-state index contributed by atoms with van der Waals surface area (Å²) in [5, 5.41) is 10.0. The second-order valence-corrected chi connectivity index (χ2v) is 8.20. The molecule has 9 heteroatoms. The number of hydrogen-bond donors (Lipinski definition) is 0. The first kappa shape index (κ1) is 19.2. The molecule has 0 spiro atoms. The molecule has 28 heavy (non-hydrogen) atoms. The molecule has 0 aliphatic rings. The molecule has 0 atom stereocenters. The van der Waals surface area contributed by atoms with Crippen molar-refractivity contribution >= 4 is 50.2 Å². The van der Waals surface area contributed by atoms with Crippen LogP contribution in [0.25, 0.3) is 22.4 Å². The third-order valence-corrected chi connectivity index (χ3v) is 5.79. The molecule has 0 saturated carbocycles. The zero-order valence-electron chi connectivity index (χ0n) is 14.7. The first-order chi connectivity index (χ1) is 13.5. The fraction of sp³-hybridized carbons (Fsp3) is 0.158. The van der Waals surface area contributed by atoms with Crippen LogP contribution in [0, 0.1) is 0 Å². The summed E-state index contributed by atoms with van der Waals surface area (Å²) < 4.78 is 8.23. The molecule has 0 amide bonds. The second kappa shape index (κ2) is 8.06. The highest BCUT2D eigenvalue weighted by Crippen LogP contribution is 2.25. The van der Waals surface area contributed by atoms with Crippen molar-refractivity contribution < 1.29 is 4.42 Å². The Kier molecular flexibility index (Phi) is 5.52. The van der Waals surface area contributed by atoms with E-state index in [1.807, 2.05) is 31.2 Å². The van der Waals surface area contributed by atoms with E-state index in [4.69, 9.17) is 16.0 Å². The first-order valence-corrected chi connectivity index (χ1v) is 10.6. The van der Waals surface area contributed by atoms with Gasteiger partial charge in [0.2, 0.25) is 11.8 Å². The normalized spacial score (nSPS) is 11.2.